The smallest absolute Gasteiger partial charge is 0.0122 e. The second-order valence-electron chi connectivity index (χ2n) is 7.84. The number of halogens is 1. The van der Waals surface area contributed by atoms with Crippen molar-refractivity contribution in [1.82, 2.24) is 0 Å². The van der Waals surface area contributed by atoms with E-state index < -0.39 is 0 Å². The van der Waals surface area contributed by atoms with Crippen molar-refractivity contribution in [3.05, 3.63) is 0 Å². The molecule has 2 unspecified atom stereocenters. The van der Waals surface area contributed by atoms with Crippen molar-refractivity contribution in [3.8, 4) is 0 Å². The first kappa shape index (κ1) is 26.9. The molecule has 0 amide bonds. The maximum atomic E-state index is 3.37. The Bertz CT molecular complexity index is 234. The van der Waals surface area contributed by atoms with Crippen molar-refractivity contribution >= 4 is 21.6 Å². The summed E-state index contributed by atoms with van der Waals surface area (Å²) in [4.78, 5) is 0. The minimum absolute atomic E-state index is 0. The van der Waals surface area contributed by atoms with E-state index >= 15 is 0 Å². The molecule has 0 N–H and O–H groups in total. The Hall–Kier alpha value is 0.720. The van der Waals surface area contributed by atoms with Crippen LogP contribution in [-0.2, 0) is 0 Å². The van der Waals surface area contributed by atoms with Crippen molar-refractivity contribution in [1.29, 1.82) is 0 Å². The monoisotopic (exact) mass is 378 g/mol. The third kappa shape index (κ3) is 13.0. The fourth-order valence-electron chi connectivity index (χ4n) is 3.89. The lowest BCUT2D eigenvalue weighted by Crippen LogP contribution is -2.32. The van der Waals surface area contributed by atoms with Gasteiger partial charge >= 0.3 is 0 Å². The van der Waals surface area contributed by atoms with Gasteiger partial charge in [-0.3, -0.25) is 0 Å². The van der Waals surface area contributed by atoms with E-state index in [1.54, 1.807) is 0 Å². The lowest BCUT2D eigenvalue weighted by Gasteiger charge is -2.39. The largest absolute Gasteiger partial charge is 0.147 e. The van der Waals surface area contributed by atoms with Crippen molar-refractivity contribution in [2.24, 2.45) is 5.92 Å². The zero-order valence-electron chi connectivity index (χ0n) is 17.4. The standard InChI is InChI=1S/C22H47P.ClH/c1-5-9-13-14-15-16-18-21(17-10-6-2)22(23,19-11-7-3)20-12-8-4;/h21H,5-20,23H2,1-4H3;1H. The summed E-state index contributed by atoms with van der Waals surface area (Å²) in [6, 6.07) is 0. The molecule has 0 nitrogen and oxygen atoms in total. The van der Waals surface area contributed by atoms with Crippen LogP contribution in [0.4, 0.5) is 0 Å². The normalized spacial score (nSPS) is 12.9. The van der Waals surface area contributed by atoms with E-state index in [4.69, 9.17) is 0 Å². The predicted molar refractivity (Wildman–Crippen MR) is 120 cm³/mol. The highest BCUT2D eigenvalue weighted by Crippen LogP contribution is 2.43. The van der Waals surface area contributed by atoms with Crippen LogP contribution >= 0.6 is 21.6 Å². The Morgan fingerprint density at radius 1 is 0.583 bits per heavy atom. The van der Waals surface area contributed by atoms with E-state index in [2.05, 4.69) is 36.9 Å². The van der Waals surface area contributed by atoms with E-state index in [9.17, 15) is 0 Å². The van der Waals surface area contributed by atoms with Gasteiger partial charge in [0, 0.05) is 0 Å². The molecule has 0 aliphatic heterocycles. The van der Waals surface area contributed by atoms with Gasteiger partial charge in [0.25, 0.3) is 0 Å². The van der Waals surface area contributed by atoms with E-state index in [1.807, 2.05) is 0 Å². The summed E-state index contributed by atoms with van der Waals surface area (Å²) in [5.74, 6) is 0.941. The SMILES string of the molecule is CCCCCCCCC(CCCC)C(P)(CCCC)CCCC.Cl. The van der Waals surface area contributed by atoms with Gasteiger partial charge in [0.15, 0.2) is 0 Å². The second-order valence-corrected chi connectivity index (χ2v) is 8.99. The molecule has 0 spiro atoms. The number of hydrogen-bond donors (Lipinski definition) is 0. The first-order valence-electron chi connectivity index (χ1n) is 10.9. The molecule has 0 saturated carbocycles. The predicted octanol–water partition coefficient (Wildman–Crippen LogP) is 8.96. The average molecular weight is 379 g/mol. The zero-order valence-corrected chi connectivity index (χ0v) is 19.3. The Balaban J connectivity index is 0. The van der Waals surface area contributed by atoms with Crippen molar-refractivity contribution in [3.63, 3.8) is 0 Å². The molecule has 0 aromatic heterocycles. The first-order chi connectivity index (χ1) is 11.1. The molecule has 2 heteroatoms. The van der Waals surface area contributed by atoms with E-state index in [-0.39, 0.29) is 12.4 Å². The molecule has 0 heterocycles. The van der Waals surface area contributed by atoms with Crippen LogP contribution in [0.2, 0.25) is 0 Å². The van der Waals surface area contributed by atoms with Crippen LogP contribution in [0.1, 0.15) is 130 Å². The minimum atomic E-state index is 0. The van der Waals surface area contributed by atoms with Gasteiger partial charge in [0.05, 0.1) is 0 Å². The van der Waals surface area contributed by atoms with E-state index in [0.29, 0.717) is 5.16 Å². The first-order valence-corrected chi connectivity index (χ1v) is 11.5. The van der Waals surface area contributed by atoms with Gasteiger partial charge in [-0.05, 0) is 36.8 Å². The summed E-state index contributed by atoms with van der Waals surface area (Å²) >= 11 is 0. The van der Waals surface area contributed by atoms with Gasteiger partial charge in [-0.2, -0.15) is 0 Å². The van der Waals surface area contributed by atoms with Gasteiger partial charge in [0.1, 0.15) is 0 Å². The lowest BCUT2D eigenvalue weighted by molar-refractivity contribution is 0.274. The number of unbranched alkanes of at least 4 members (excludes halogenated alkanes) is 8. The molecule has 24 heavy (non-hydrogen) atoms. The second kappa shape index (κ2) is 18.5. The Kier molecular flexibility index (Phi) is 20.8. The highest BCUT2D eigenvalue weighted by molar-refractivity contribution is 7.19. The van der Waals surface area contributed by atoms with Gasteiger partial charge in [-0.25, -0.2) is 0 Å². The van der Waals surface area contributed by atoms with Crippen LogP contribution in [0.15, 0.2) is 0 Å². The fourth-order valence-corrected chi connectivity index (χ4v) is 4.63. The highest BCUT2D eigenvalue weighted by Gasteiger charge is 2.32. The summed E-state index contributed by atoms with van der Waals surface area (Å²) in [5.41, 5.74) is 0. The van der Waals surface area contributed by atoms with Gasteiger partial charge in [-0.15, -0.1) is 21.6 Å². The minimum Gasteiger partial charge on any atom is -0.147 e. The zero-order chi connectivity index (χ0) is 17.4. The quantitative estimate of drug-likeness (QED) is 0.175. The maximum Gasteiger partial charge on any atom is -0.0122 e. The van der Waals surface area contributed by atoms with Crippen molar-refractivity contribution in [2.45, 2.75) is 136 Å². The Labute approximate surface area is 163 Å². The van der Waals surface area contributed by atoms with Crippen LogP contribution < -0.4 is 0 Å². The summed E-state index contributed by atoms with van der Waals surface area (Å²) < 4.78 is 0. The third-order valence-corrected chi connectivity index (χ3v) is 6.67. The summed E-state index contributed by atoms with van der Waals surface area (Å²) in [7, 11) is 3.37. The van der Waals surface area contributed by atoms with Crippen LogP contribution in [0.5, 0.6) is 0 Å². The van der Waals surface area contributed by atoms with Gasteiger partial charge in [-0.1, -0.05) is 105 Å². The molecule has 0 radical (unpaired) electrons. The van der Waals surface area contributed by atoms with Crippen LogP contribution in [0.3, 0.4) is 0 Å². The van der Waals surface area contributed by atoms with Gasteiger partial charge < -0.3 is 0 Å². The molecule has 0 fully saturated rings. The van der Waals surface area contributed by atoms with E-state index in [1.165, 1.54) is 103 Å². The average Bonchev–Trinajstić information content (AvgIpc) is 2.56. The summed E-state index contributed by atoms with van der Waals surface area (Å²) in [6.07, 6.45) is 22.7. The number of hydrogen-bond acceptors (Lipinski definition) is 0. The fraction of sp³-hybridized carbons (Fsp3) is 1.00. The maximum absolute atomic E-state index is 3.37. The molecule has 0 bridgehead atoms. The molecule has 0 aromatic rings. The summed E-state index contributed by atoms with van der Waals surface area (Å²) in [6.45, 7) is 9.36. The molecule has 2 atom stereocenters. The van der Waals surface area contributed by atoms with Crippen molar-refractivity contribution < 1.29 is 0 Å². The van der Waals surface area contributed by atoms with Crippen LogP contribution in [0.25, 0.3) is 0 Å². The number of rotatable bonds is 17. The molecule has 0 aliphatic rings. The lowest BCUT2D eigenvalue weighted by atomic mass is 9.77. The summed E-state index contributed by atoms with van der Waals surface area (Å²) in [5, 5.41) is 0.532. The Morgan fingerprint density at radius 3 is 1.50 bits per heavy atom. The topological polar surface area (TPSA) is 0 Å². The molecular formula is C22H48ClP. The molecule has 0 rings (SSSR count). The molecule has 0 saturated heterocycles. The van der Waals surface area contributed by atoms with Crippen LogP contribution in [-0.4, -0.2) is 5.16 Å². The Morgan fingerprint density at radius 2 is 1.00 bits per heavy atom. The van der Waals surface area contributed by atoms with E-state index in [0.717, 1.165) is 5.92 Å². The molecule has 0 aromatic carbocycles. The van der Waals surface area contributed by atoms with Gasteiger partial charge in [0.2, 0.25) is 0 Å². The molecular weight excluding hydrogens is 331 g/mol. The third-order valence-electron chi connectivity index (χ3n) is 5.62. The molecule has 148 valence electrons. The molecule has 0 aliphatic carbocycles. The highest BCUT2D eigenvalue weighted by atomic mass is 35.5. The van der Waals surface area contributed by atoms with Crippen molar-refractivity contribution in [2.75, 3.05) is 0 Å². The van der Waals surface area contributed by atoms with Crippen LogP contribution in [0, 0.1) is 5.92 Å².